The van der Waals surface area contributed by atoms with Crippen LogP contribution in [0.4, 0.5) is 10.1 Å². The van der Waals surface area contributed by atoms with Crippen LogP contribution >= 0.6 is 0 Å². The van der Waals surface area contributed by atoms with E-state index in [0.717, 1.165) is 12.8 Å². The lowest BCUT2D eigenvalue weighted by atomic mass is 9.90. The van der Waals surface area contributed by atoms with Crippen LogP contribution in [0.25, 0.3) is 0 Å². The molecular formula is C12H16FNO2. The summed E-state index contributed by atoms with van der Waals surface area (Å²) in [6, 6.07) is 6.30. The standard InChI is InChI=1S/C12H16FNO2/c13-10-2-1-3-11(8-10)14-12(9-15)4-6-16-7-5-12/h1-3,8,14-15H,4-7,9H2. The van der Waals surface area contributed by atoms with Gasteiger partial charge in [0.15, 0.2) is 0 Å². The van der Waals surface area contributed by atoms with E-state index in [1.54, 1.807) is 12.1 Å². The SMILES string of the molecule is OCC1(Nc2cccc(F)c2)CCOCC1. The molecule has 0 radical (unpaired) electrons. The molecular weight excluding hydrogens is 209 g/mol. The Morgan fingerprint density at radius 2 is 2.12 bits per heavy atom. The molecule has 1 fully saturated rings. The molecule has 0 bridgehead atoms. The number of rotatable bonds is 3. The maximum atomic E-state index is 13.0. The largest absolute Gasteiger partial charge is 0.394 e. The summed E-state index contributed by atoms with van der Waals surface area (Å²) in [7, 11) is 0. The first-order valence-electron chi connectivity index (χ1n) is 5.46. The quantitative estimate of drug-likeness (QED) is 0.824. The fourth-order valence-electron chi connectivity index (χ4n) is 1.96. The van der Waals surface area contributed by atoms with Gasteiger partial charge in [0.2, 0.25) is 0 Å². The Labute approximate surface area is 94.2 Å². The van der Waals surface area contributed by atoms with Crippen LogP contribution in [0.1, 0.15) is 12.8 Å². The molecule has 3 nitrogen and oxygen atoms in total. The van der Waals surface area contributed by atoms with E-state index in [-0.39, 0.29) is 18.0 Å². The van der Waals surface area contributed by atoms with Crippen molar-refractivity contribution < 1.29 is 14.2 Å². The van der Waals surface area contributed by atoms with Crippen molar-refractivity contribution in [3.63, 3.8) is 0 Å². The molecule has 0 aromatic heterocycles. The van der Waals surface area contributed by atoms with Crippen molar-refractivity contribution in [1.82, 2.24) is 0 Å². The summed E-state index contributed by atoms with van der Waals surface area (Å²) < 4.78 is 18.3. The van der Waals surface area contributed by atoms with Gasteiger partial charge in [0.25, 0.3) is 0 Å². The van der Waals surface area contributed by atoms with Crippen LogP contribution in [0, 0.1) is 5.82 Å². The van der Waals surface area contributed by atoms with E-state index in [2.05, 4.69) is 5.32 Å². The Bertz CT molecular complexity index is 351. The minimum Gasteiger partial charge on any atom is -0.394 e. The first-order valence-corrected chi connectivity index (χ1v) is 5.46. The average molecular weight is 225 g/mol. The van der Waals surface area contributed by atoms with Crippen molar-refractivity contribution in [2.45, 2.75) is 18.4 Å². The summed E-state index contributed by atoms with van der Waals surface area (Å²) in [5, 5.41) is 12.7. The Balaban J connectivity index is 2.11. The zero-order chi connectivity index (χ0) is 11.4. The van der Waals surface area contributed by atoms with Gasteiger partial charge in [0.1, 0.15) is 5.82 Å². The third kappa shape index (κ3) is 2.51. The van der Waals surface area contributed by atoms with Crippen LogP contribution in [0.3, 0.4) is 0 Å². The lowest BCUT2D eigenvalue weighted by Crippen LogP contribution is -2.46. The number of halogens is 1. The predicted molar refractivity (Wildman–Crippen MR) is 59.9 cm³/mol. The molecule has 1 aromatic carbocycles. The predicted octanol–water partition coefficient (Wildman–Crippen LogP) is 1.78. The highest BCUT2D eigenvalue weighted by Crippen LogP contribution is 2.25. The third-order valence-electron chi connectivity index (χ3n) is 2.99. The van der Waals surface area contributed by atoms with Crippen LogP contribution < -0.4 is 5.32 Å². The number of anilines is 1. The van der Waals surface area contributed by atoms with Gasteiger partial charge in [-0.3, -0.25) is 0 Å². The summed E-state index contributed by atoms with van der Waals surface area (Å²) in [5.41, 5.74) is 0.336. The Kier molecular flexibility index (Phi) is 3.41. The number of aliphatic hydroxyl groups is 1. The smallest absolute Gasteiger partial charge is 0.125 e. The maximum absolute atomic E-state index is 13.0. The molecule has 0 spiro atoms. The third-order valence-corrected chi connectivity index (χ3v) is 2.99. The van der Waals surface area contributed by atoms with Crippen LogP contribution in [0.15, 0.2) is 24.3 Å². The molecule has 16 heavy (non-hydrogen) atoms. The molecule has 0 amide bonds. The fraction of sp³-hybridized carbons (Fsp3) is 0.500. The monoisotopic (exact) mass is 225 g/mol. The molecule has 4 heteroatoms. The summed E-state index contributed by atoms with van der Waals surface area (Å²) in [5.74, 6) is -0.273. The molecule has 88 valence electrons. The van der Waals surface area contributed by atoms with Gasteiger partial charge in [-0.15, -0.1) is 0 Å². The number of hydrogen-bond donors (Lipinski definition) is 2. The van der Waals surface area contributed by atoms with E-state index in [1.165, 1.54) is 12.1 Å². The minimum absolute atomic E-state index is 0.0346. The first kappa shape index (κ1) is 11.4. The Morgan fingerprint density at radius 3 is 2.75 bits per heavy atom. The second-order valence-corrected chi connectivity index (χ2v) is 4.19. The molecule has 2 rings (SSSR count). The Hall–Kier alpha value is -1.13. The van der Waals surface area contributed by atoms with Crippen LogP contribution in [-0.4, -0.2) is 30.5 Å². The molecule has 1 aliphatic heterocycles. The van der Waals surface area contributed by atoms with Crippen molar-refractivity contribution >= 4 is 5.69 Å². The highest BCUT2D eigenvalue weighted by molar-refractivity contribution is 5.45. The van der Waals surface area contributed by atoms with Gasteiger partial charge in [0, 0.05) is 18.9 Å². The van der Waals surface area contributed by atoms with Crippen LogP contribution in [0.2, 0.25) is 0 Å². The Morgan fingerprint density at radius 1 is 1.38 bits per heavy atom. The molecule has 0 unspecified atom stereocenters. The van der Waals surface area contributed by atoms with Crippen molar-refractivity contribution in [3.05, 3.63) is 30.1 Å². The van der Waals surface area contributed by atoms with Gasteiger partial charge in [0.05, 0.1) is 12.1 Å². The van der Waals surface area contributed by atoms with Gasteiger partial charge in [-0.25, -0.2) is 4.39 Å². The summed E-state index contributed by atoms with van der Waals surface area (Å²) in [4.78, 5) is 0. The van der Waals surface area contributed by atoms with Crippen molar-refractivity contribution in [2.75, 3.05) is 25.1 Å². The number of nitrogens with one attached hydrogen (secondary N) is 1. The molecule has 0 saturated carbocycles. The van der Waals surface area contributed by atoms with Gasteiger partial charge < -0.3 is 15.2 Å². The first-order chi connectivity index (χ1) is 7.74. The van der Waals surface area contributed by atoms with Crippen LogP contribution in [0.5, 0.6) is 0 Å². The van der Waals surface area contributed by atoms with E-state index in [0.29, 0.717) is 18.9 Å². The second-order valence-electron chi connectivity index (χ2n) is 4.19. The highest BCUT2D eigenvalue weighted by atomic mass is 19.1. The molecule has 1 aliphatic rings. The minimum atomic E-state index is -0.369. The number of ether oxygens (including phenoxy) is 1. The highest BCUT2D eigenvalue weighted by Gasteiger charge is 2.31. The number of hydrogen-bond acceptors (Lipinski definition) is 3. The van der Waals surface area contributed by atoms with Crippen molar-refractivity contribution in [3.8, 4) is 0 Å². The van der Waals surface area contributed by atoms with E-state index in [9.17, 15) is 9.50 Å². The topological polar surface area (TPSA) is 41.5 Å². The van der Waals surface area contributed by atoms with E-state index >= 15 is 0 Å². The van der Waals surface area contributed by atoms with Crippen molar-refractivity contribution in [2.24, 2.45) is 0 Å². The molecule has 0 atom stereocenters. The molecule has 0 aliphatic carbocycles. The van der Waals surface area contributed by atoms with Gasteiger partial charge in [-0.1, -0.05) is 6.07 Å². The zero-order valence-corrected chi connectivity index (χ0v) is 9.08. The van der Waals surface area contributed by atoms with Gasteiger partial charge >= 0.3 is 0 Å². The summed E-state index contributed by atoms with van der Waals surface area (Å²) in [6.07, 6.45) is 1.47. The lowest BCUT2D eigenvalue weighted by molar-refractivity contribution is 0.0380. The molecule has 2 N–H and O–H groups in total. The molecule has 1 heterocycles. The van der Waals surface area contributed by atoms with E-state index in [4.69, 9.17) is 4.74 Å². The number of aliphatic hydroxyl groups excluding tert-OH is 1. The fourth-order valence-corrected chi connectivity index (χ4v) is 1.96. The van der Waals surface area contributed by atoms with Crippen molar-refractivity contribution in [1.29, 1.82) is 0 Å². The van der Waals surface area contributed by atoms with Gasteiger partial charge in [-0.2, -0.15) is 0 Å². The van der Waals surface area contributed by atoms with E-state index in [1.807, 2.05) is 0 Å². The van der Waals surface area contributed by atoms with Crippen LogP contribution in [-0.2, 0) is 4.74 Å². The maximum Gasteiger partial charge on any atom is 0.125 e. The average Bonchev–Trinajstić information content (AvgIpc) is 2.30. The lowest BCUT2D eigenvalue weighted by Gasteiger charge is -2.37. The summed E-state index contributed by atoms with van der Waals surface area (Å²) >= 11 is 0. The second kappa shape index (κ2) is 4.80. The van der Waals surface area contributed by atoms with Gasteiger partial charge in [-0.05, 0) is 31.0 Å². The normalized spacial score (nSPS) is 19.4. The molecule has 1 aromatic rings. The number of benzene rings is 1. The van der Waals surface area contributed by atoms with E-state index < -0.39 is 0 Å². The zero-order valence-electron chi connectivity index (χ0n) is 9.08. The summed E-state index contributed by atoms with van der Waals surface area (Å²) in [6.45, 7) is 1.29. The molecule has 1 saturated heterocycles.